The number of rotatable bonds is 11. The Bertz CT molecular complexity index is 690. The number of hydrogen-bond acceptors (Lipinski definition) is 1. The summed E-state index contributed by atoms with van der Waals surface area (Å²) in [6.07, 6.45) is 10.1. The van der Waals surface area contributed by atoms with Crippen molar-refractivity contribution in [2.45, 2.75) is 103 Å². The fourth-order valence-corrected chi connectivity index (χ4v) is 3.79. The molecule has 1 unspecified atom stereocenters. The van der Waals surface area contributed by atoms with Crippen molar-refractivity contribution >= 4 is 23.2 Å². The second-order valence-electron chi connectivity index (χ2n) is 8.17. The van der Waals surface area contributed by atoms with Crippen molar-refractivity contribution in [3.63, 3.8) is 0 Å². The molecule has 0 bridgehead atoms. The first-order valence-corrected chi connectivity index (χ1v) is 12.5. The maximum Gasteiger partial charge on any atom is 0.416 e. The Kier molecular flexibility index (Phi) is 14.3. The maximum atomic E-state index is 12.4. The Labute approximate surface area is 202 Å². The highest BCUT2D eigenvalue weighted by Gasteiger charge is 2.29. The van der Waals surface area contributed by atoms with Crippen LogP contribution in [0.4, 0.5) is 13.2 Å². The van der Waals surface area contributed by atoms with Gasteiger partial charge in [-0.3, -0.25) is 0 Å². The van der Waals surface area contributed by atoms with Gasteiger partial charge in [0.1, 0.15) is 0 Å². The topological polar surface area (TPSA) is 9.23 Å². The third-order valence-corrected chi connectivity index (χ3v) is 6.16. The van der Waals surface area contributed by atoms with Crippen LogP contribution in [0.3, 0.4) is 0 Å². The number of benzene rings is 1. The molecule has 0 fully saturated rings. The van der Waals surface area contributed by atoms with Crippen LogP contribution < -0.4 is 0 Å². The van der Waals surface area contributed by atoms with Crippen molar-refractivity contribution in [2.75, 3.05) is 0 Å². The number of hydrogen-bond donors (Lipinski definition) is 0. The van der Waals surface area contributed by atoms with E-state index in [1.807, 2.05) is 6.08 Å². The third-order valence-electron chi connectivity index (χ3n) is 5.27. The Morgan fingerprint density at radius 3 is 2.12 bits per heavy atom. The number of unbranched alkanes of at least 4 members (excludes halogenated alkanes) is 2. The average molecular weight is 493 g/mol. The quantitative estimate of drug-likeness (QED) is 0.220. The Balaban J connectivity index is 0.000000343. The number of alkyl halides is 4. The molecule has 0 saturated heterocycles. The summed E-state index contributed by atoms with van der Waals surface area (Å²) in [5, 5.41) is 0.812. The third kappa shape index (κ3) is 11.8. The van der Waals surface area contributed by atoms with E-state index in [4.69, 9.17) is 27.9 Å². The van der Waals surface area contributed by atoms with Crippen molar-refractivity contribution in [3.05, 3.63) is 58.1 Å². The molecule has 1 aliphatic rings. The van der Waals surface area contributed by atoms with Crippen molar-refractivity contribution in [3.8, 4) is 0 Å². The minimum Gasteiger partial charge on any atom is -0.374 e. The van der Waals surface area contributed by atoms with Crippen molar-refractivity contribution in [1.82, 2.24) is 0 Å². The maximum absolute atomic E-state index is 12.4. The predicted molar refractivity (Wildman–Crippen MR) is 130 cm³/mol. The van der Waals surface area contributed by atoms with E-state index in [1.165, 1.54) is 37.0 Å². The Morgan fingerprint density at radius 1 is 1.00 bits per heavy atom. The van der Waals surface area contributed by atoms with Gasteiger partial charge in [-0.05, 0) is 55.9 Å². The van der Waals surface area contributed by atoms with Gasteiger partial charge in [0, 0.05) is 5.03 Å². The average Bonchev–Trinajstić information content (AvgIpc) is 2.75. The first-order valence-electron chi connectivity index (χ1n) is 11.7. The van der Waals surface area contributed by atoms with E-state index in [2.05, 4.69) is 26.8 Å². The molecule has 0 N–H and O–H groups in total. The van der Waals surface area contributed by atoms with Gasteiger partial charge in [-0.2, -0.15) is 13.2 Å². The molecular weight excluding hydrogens is 456 g/mol. The lowest BCUT2D eigenvalue weighted by Crippen LogP contribution is -2.12. The lowest BCUT2D eigenvalue weighted by molar-refractivity contribution is -0.137. The first-order chi connectivity index (χ1) is 15.2. The largest absolute Gasteiger partial charge is 0.416 e. The summed E-state index contributed by atoms with van der Waals surface area (Å²) in [6, 6.07) is 5.18. The van der Waals surface area contributed by atoms with Crippen molar-refractivity contribution < 1.29 is 17.9 Å². The van der Waals surface area contributed by atoms with Gasteiger partial charge in [-0.15, -0.1) is 11.6 Å². The molecule has 0 heterocycles. The molecule has 0 saturated carbocycles. The summed E-state index contributed by atoms with van der Waals surface area (Å²) in [5.74, 6) is 0. The van der Waals surface area contributed by atoms with Crippen LogP contribution in [0.5, 0.6) is 0 Å². The lowest BCUT2D eigenvalue weighted by Gasteiger charge is -2.16. The van der Waals surface area contributed by atoms with Gasteiger partial charge in [0.15, 0.2) is 0 Å². The van der Waals surface area contributed by atoms with E-state index in [0.717, 1.165) is 61.3 Å². The fourth-order valence-electron chi connectivity index (χ4n) is 3.41. The molecule has 32 heavy (non-hydrogen) atoms. The minimum atomic E-state index is -4.27. The molecule has 0 aliphatic heterocycles. The highest BCUT2D eigenvalue weighted by molar-refractivity contribution is 6.37. The number of allylic oxidation sites excluding steroid dienone is 4. The second-order valence-corrected chi connectivity index (χ2v) is 9.14. The van der Waals surface area contributed by atoms with Crippen LogP contribution in [0.1, 0.15) is 89.7 Å². The second kappa shape index (κ2) is 15.8. The molecule has 0 radical (unpaired) electrons. The summed E-state index contributed by atoms with van der Waals surface area (Å²) < 4.78 is 43.0. The Hall–Kier alpha value is -0.970. The van der Waals surface area contributed by atoms with Crippen LogP contribution >= 0.6 is 23.2 Å². The first kappa shape index (κ1) is 29.1. The summed E-state index contributed by atoms with van der Waals surface area (Å²) in [5.41, 5.74) is 1.52. The lowest BCUT2D eigenvalue weighted by atomic mass is 10.0. The zero-order valence-corrected chi connectivity index (χ0v) is 21.0. The SMILES string of the molecule is CCCC(CCC)OCc1ccc(C(F)(F)F)cc1.CCCCCC1=CCC(Cl)C(Cl)=C1. The van der Waals surface area contributed by atoms with E-state index >= 15 is 0 Å². The molecular formula is C26H37Cl2F3O. The van der Waals surface area contributed by atoms with Crippen LogP contribution in [0.25, 0.3) is 0 Å². The molecule has 1 aromatic carbocycles. The zero-order chi connectivity index (χ0) is 24.0. The van der Waals surface area contributed by atoms with E-state index in [-0.39, 0.29) is 11.5 Å². The molecule has 6 heteroatoms. The van der Waals surface area contributed by atoms with E-state index < -0.39 is 11.7 Å². The number of ether oxygens (including phenoxy) is 1. The Morgan fingerprint density at radius 2 is 1.62 bits per heavy atom. The van der Waals surface area contributed by atoms with Crippen LogP contribution in [0.2, 0.25) is 0 Å². The zero-order valence-electron chi connectivity index (χ0n) is 19.5. The summed E-state index contributed by atoms with van der Waals surface area (Å²) in [6.45, 7) is 6.80. The minimum absolute atomic E-state index is 0.0107. The monoisotopic (exact) mass is 492 g/mol. The van der Waals surface area contributed by atoms with Gasteiger partial charge in [0.2, 0.25) is 0 Å². The van der Waals surface area contributed by atoms with Gasteiger partial charge in [-0.25, -0.2) is 0 Å². The standard InChI is InChI=1S/C15H21F3O.C11H16Cl2/c1-3-5-14(6-4-2)19-11-12-7-9-13(10-8-12)15(16,17)18;1-2-3-4-5-9-6-7-10(12)11(13)8-9/h7-10,14H,3-6,11H2,1-2H3;6,8,10H,2-5,7H2,1H3. The summed E-state index contributed by atoms with van der Waals surface area (Å²) in [4.78, 5) is 0. The molecule has 182 valence electrons. The molecule has 0 aromatic heterocycles. The molecule has 2 rings (SSSR count). The highest BCUT2D eigenvalue weighted by Crippen LogP contribution is 2.29. The van der Waals surface area contributed by atoms with Gasteiger partial charge >= 0.3 is 6.18 Å². The number of halogens is 5. The van der Waals surface area contributed by atoms with Crippen LogP contribution in [-0.2, 0) is 17.5 Å². The summed E-state index contributed by atoms with van der Waals surface area (Å²) >= 11 is 11.9. The molecule has 1 nitrogen and oxygen atoms in total. The van der Waals surface area contributed by atoms with Crippen LogP contribution in [-0.4, -0.2) is 11.5 Å². The molecule has 1 aromatic rings. The van der Waals surface area contributed by atoms with Crippen LogP contribution in [0.15, 0.2) is 47.0 Å². The van der Waals surface area contributed by atoms with Gasteiger partial charge < -0.3 is 4.74 Å². The van der Waals surface area contributed by atoms with Crippen LogP contribution in [0, 0.1) is 0 Å². The predicted octanol–water partition coefficient (Wildman–Crippen LogP) is 9.82. The van der Waals surface area contributed by atoms with E-state index in [1.54, 1.807) is 0 Å². The van der Waals surface area contributed by atoms with Crippen molar-refractivity contribution in [2.24, 2.45) is 0 Å². The van der Waals surface area contributed by atoms with E-state index in [9.17, 15) is 13.2 Å². The normalized spacial score (nSPS) is 16.3. The summed E-state index contributed by atoms with van der Waals surface area (Å²) in [7, 11) is 0. The fraction of sp³-hybridized carbons (Fsp3) is 0.615. The highest BCUT2D eigenvalue weighted by atomic mass is 35.5. The van der Waals surface area contributed by atoms with Crippen molar-refractivity contribution in [1.29, 1.82) is 0 Å². The molecule has 0 spiro atoms. The van der Waals surface area contributed by atoms with Gasteiger partial charge in [0.05, 0.1) is 23.7 Å². The molecule has 1 atom stereocenters. The van der Waals surface area contributed by atoms with Gasteiger partial charge in [-0.1, -0.05) is 81.8 Å². The van der Waals surface area contributed by atoms with Gasteiger partial charge in [0.25, 0.3) is 0 Å². The smallest absolute Gasteiger partial charge is 0.374 e. The molecule has 1 aliphatic carbocycles. The molecule has 0 amide bonds. The van der Waals surface area contributed by atoms with E-state index in [0.29, 0.717) is 6.61 Å².